The molecule has 0 bridgehead atoms. The third-order valence-corrected chi connectivity index (χ3v) is 6.78. The number of guanidine groups is 1. The van der Waals surface area contributed by atoms with Crippen LogP contribution in [0, 0.1) is 0 Å². The first kappa shape index (κ1) is 20.8. The van der Waals surface area contributed by atoms with Crippen LogP contribution < -0.4 is 10.6 Å². The number of benzene rings is 1. The molecule has 0 aliphatic heterocycles. The quantitative estimate of drug-likeness (QED) is 0.547. The summed E-state index contributed by atoms with van der Waals surface area (Å²) in [5.41, 5.74) is 0.808. The average Bonchev–Trinajstić information content (AvgIpc) is 3.20. The molecule has 152 valence electrons. The smallest absolute Gasteiger partial charge is 0.246 e. The van der Waals surface area contributed by atoms with Crippen molar-refractivity contribution in [2.75, 3.05) is 12.8 Å². The second-order valence-corrected chi connectivity index (χ2v) is 9.19. The largest absolute Gasteiger partial charge is 0.354 e. The number of aromatic nitrogens is 2. The van der Waals surface area contributed by atoms with Gasteiger partial charge < -0.3 is 15.2 Å². The summed E-state index contributed by atoms with van der Waals surface area (Å²) in [4.78, 5) is 8.67. The maximum Gasteiger partial charge on any atom is 0.246 e. The van der Waals surface area contributed by atoms with E-state index in [1.54, 1.807) is 19.2 Å². The van der Waals surface area contributed by atoms with Gasteiger partial charge in [-0.15, -0.1) is 0 Å². The first-order chi connectivity index (χ1) is 13.6. The van der Waals surface area contributed by atoms with Crippen molar-refractivity contribution >= 4 is 28.4 Å². The van der Waals surface area contributed by atoms with Gasteiger partial charge in [0.15, 0.2) is 5.96 Å². The van der Waals surface area contributed by atoms with Crippen LogP contribution in [0.4, 0.5) is 0 Å². The molecular formula is C19H26ClN5O2S. The third kappa shape index (κ3) is 5.54. The number of nitrogens with zero attached hydrogens (tertiary/aromatic N) is 3. The highest BCUT2D eigenvalue weighted by molar-refractivity contribution is 7.85. The molecule has 7 nitrogen and oxygen atoms in total. The Kier molecular flexibility index (Phi) is 7.44. The predicted octanol–water partition coefficient (Wildman–Crippen LogP) is 3.13. The van der Waals surface area contributed by atoms with Crippen LogP contribution in [0.25, 0.3) is 11.4 Å². The number of hydrogen-bond donors (Lipinski definition) is 2. The van der Waals surface area contributed by atoms with Gasteiger partial charge >= 0.3 is 0 Å². The van der Waals surface area contributed by atoms with Gasteiger partial charge in [-0.2, -0.15) is 4.98 Å². The highest BCUT2D eigenvalue weighted by Crippen LogP contribution is 2.23. The number of rotatable bonds is 6. The monoisotopic (exact) mass is 423 g/mol. The van der Waals surface area contributed by atoms with Gasteiger partial charge in [0.2, 0.25) is 11.7 Å². The van der Waals surface area contributed by atoms with E-state index in [-0.39, 0.29) is 11.3 Å². The van der Waals surface area contributed by atoms with Crippen molar-refractivity contribution in [1.29, 1.82) is 0 Å². The molecule has 0 radical (unpaired) electrons. The Balaban J connectivity index is 1.54. The lowest BCUT2D eigenvalue weighted by molar-refractivity contribution is 0.373. The molecule has 1 heterocycles. The first-order valence-corrected chi connectivity index (χ1v) is 11.3. The van der Waals surface area contributed by atoms with E-state index < -0.39 is 10.8 Å². The minimum absolute atomic E-state index is 0.269. The molecule has 3 unspecified atom stereocenters. The molecular weight excluding hydrogens is 398 g/mol. The molecule has 3 atom stereocenters. The van der Waals surface area contributed by atoms with E-state index in [0.717, 1.165) is 37.0 Å². The summed E-state index contributed by atoms with van der Waals surface area (Å²) >= 11 is 6.01. The Morgan fingerprint density at radius 3 is 3.04 bits per heavy atom. The molecule has 1 aliphatic carbocycles. The number of hydrogen-bond acceptors (Lipinski definition) is 5. The van der Waals surface area contributed by atoms with E-state index in [0.29, 0.717) is 29.2 Å². The van der Waals surface area contributed by atoms with Crippen LogP contribution in [0.1, 0.15) is 38.5 Å². The first-order valence-electron chi connectivity index (χ1n) is 9.52. The van der Waals surface area contributed by atoms with Crippen LogP contribution in [-0.2, 0) is 17.3 Å². The molecule has 3 rings (SSSR count). The second kappa shape index (κ2) is 10.0. The maximum absolute atomic E-state index is 12.1. The molecule has 0 amide bonds. The molecule has 2 N–H and O–H groups in total. The van der Waals surface area contributed by atoms with Crippen LogP contribution in [0.2, 0.25) is 5.02 Å². The highest BCUT2D eigenvalue weighted by atomic mass is 35.5. The SMILES string of the molecule is CCS(=O)C1CCCC(NC(=NC)NCc2nc(-c3cccc(Cl)c3)no2)C1. The zero-order valence-corrected chi connectivity index (χ0v) is 17.7. The molecule has 1 aromatic carbocycles. The van der Waals surface area contributed by atoms with Gasteiger partial charge in [0.1, 0.15) is 0 Å². The van der Waals surface area contributed by atoms with Crippen molar-refractivity contribution in [2.45, 2.75) is 50.4 Å². The van der Waals surface area contributed by atoms with Gasteiger partial charge in [-0.1, -0.05) is 42.2 Å². The molecule has 0 saturated heterocycles. The fourth-order valence-corrected chi connectivity index (χ4v) is 4.91. The molecule has 0 spiro atoms. The second-order valence-electron chi connectivity index (χ2n) is 6.75. The number of nitrogens with one attached hydrogen (secondary N) is 2. The zero-order valence-electron chi connectivity index (χ0n) is 16.2. The van der Waals surface area contributed by atoms with E-state index in [4.69, 9.17) is 16.1 Å². The van der Waals surface area contributed by atoms with E-state index in [1.165, 1.54) is 0 Å². The molecule has 9 heteroatoms. The normalized spacial score (nSPS) is 21.3. The maximum atomic E-state index is 12.1. The molecule has 28 heavy (non-hydrogen) atoms. The van der Waals surface area contributed by atoms with Crippen molar-refractivity contribution in [1.82, 2.24) is 20.8 Å². The Morgan fingerprint density at radius 1 is 1.43 bits per heavy atom. The summed E-state index contributed by atoms with van der Waals surface area (Å²) in [7, 11) is 0.983. The summed E-state index contributed by atoms with van der Waals surface area (Å²) in [6, 6.07) is 7.60. The van der Waals surface area contributed by atoms with Crippen molar-refractivity contribution in [3.63, 3.8) is 0 Å². The van der Waals surface area contributed by atoms with Crippen LogP contribution in [0.3, 0.4) is 0 Å². The van der Waals surface area contributed by atoms with Gasteiger partial charge in [-0.05, 0) is 31.4 Å². The van der Waals surface area contributed by atoms with Crippen LogP contribution in [0.15, 0.2) is 33.8 Å². The molecule has 2 aromatic rings. The minimum atomic E-state index is -0.745. The minimum Gasteiger partial charge on any atom is -0.354 e. The van der Waals surface area contributed by atoms with E-state index in [2.05, 4.69) is 25.8 Å². The van der Waals surface area contributed by atoms with Crippen molar-refractivity contribution in [2.24, 2.45) is 4.99 Å². The van der Waals surface area contributed by atoms with Gasteiger partial charge in [0.25, 0.3) is 0 Å². The third-order valence-electron chi connectivity index (χ3n) is 4.80. The zero-order chi connectivity index (χ0) is 19.9. The van der Waals surface area contributed by atoms with Gasteiger partial charge in [0.05, 0.1) is 6.54 Å². The Labute approximate surface area is 172 Å². The molecule has 1 fully saturated rings. The Morgan fingerprint density at radius 2 is 2.29 bits per heavy atom. The van der Waals surface area contributed by atoms with Crippen molar-refractivity contribution in [3.05, 3.63) is 35.2 Å². The van der Waals surface area contributed by atoms with Crippen LogP contribution in [0.5, 0.6) is 0 Å². The average molecular weight is 424 g/mol. The van der Waals surface area contributed by atoms with Gasteiger partial charge in [-0.3, -0.25) is 9.20 Å². The summed E-state index contributed by atoms with van der Waals surface area (Å²) in [6.07, 6.45) is 4.08. The fourth-order valence-electron chi connectivity index (χ4n) is 3.37. The predicted molar refractivity (Wildman–Crippen MR) is 113 cm³/mol. The summed E-state index contributed by atoms with van der Waals surface area (Å²) < 4.78 is 17.4. The standard InChI is InChI=1S/C19H26ClN5O2S/c1-3-28(26)16-9-5-8-15(11-16)23-19(21-2)22-12-17-24-18(25-27-17)13-6-4-7-14(20)10-13/h4,6-7,10,15-16H,3,5,8-9,11-12H2,1-2H3,(H2,21,22,23). The lowest BCUT2D eigenvalue weighted by Gasteiger charge is -2.30. The summed E-state index contributed by atoms with van der Waals surface area (Å²) in [6.45, 7) is 2.35. The lowest BCUT2D eigenvalue weighted by atomic mass is 9.95. The number of aliphatic imine (C=N–C) groups is 1. The van der Waals surface area contributed by atoms with Gasteiger partial charge in [-0.25, -0.2) is 0 Å². The highest BCUT2D eigenvalue weighted by Gasteiger charge is 2.26. The summed E-state index contributed by atoms with van der Waals surface area (Å²) in [5.74, 6) is 2.36. The Hall–Kier alpha value is -1.93. The van der Waals surface area contributed by atoms with E-state index in [9.17, 15) is 4.21 Å². The lowest BCUT2D eigenvalue weighted by Crippen LogP contribution is -2.46. The topological polar surface area (TPSA) is 92.4 Å². The van der Waals surface area contributed by atoms with Crippen LogP contribution >= 0.6 is 11.6 Å². The van der Waals surface area contributed by atoms with Crippen molar-refractivity contribution < 1.29 is 8.73 Å². The summed E-state index contributed by atoms with van der Waals surface area (Å²) in [5, 5.41) is 11.5. The molecule has 1 aliphatic rings. The van der Waals surface area contributed by atoms with E-state index in [1.807, 2.05) is 19.1 Å². The fraction of sp³-hybridized carbons (Fsp3) is 0.526. The van der Waals surface area contributed by atoms with E-state index >= 15 is 0 Å². The van der Waals surface area contributed by atoms with Crippen molar-refractivity contribution in [3.8, 4) is 11.4 Å². The van der Waals surface area contributed by atoms with Gasteiger partial charge in [0, 0.05) is 45.5 Å². The molecule has 1 saturated carbocycles. The molecule has 1 aromatic heterocycles. The Bertz CT molecular complexity index is 841. The van der Waals surface area contributed by atoms with Crippen LogP contribution in [-0.4, -0.2) is 44.4 Å². The number of halogens is 1.